The first-order valence-corrected chi connectivity index (χ1v) is 11.8. The molecule has 1 unspecified atom stereocenters. The fourth-order valence-electron chi connectivity index (χ4n) is 4.81. The zero-order valence-electron chi connectivity index (χ0n) is 18.2. The molecule has 0 spiro atoms. The normalized spacial score (nSPS) is 19.5. The Bertz CT molecular complexity index is 906. The van der Waals surface area contributed by atoms with Gasteiger partial charge in [-0.05, 0) is 49.7 Å². The monoisotopic (exact) mass is 442 g/mol. The van der Waals surface area contributed by atoms with Gasteiger partial charge in [0.2, 0.25) is 0 Å². The number of carbonyl (C=O) groups is 2. The number of thiophene rings is 1. The van der Waals surface area contributed by atoms with Crippen LogP contribution in [0.5, 0.6) is 0 Å². The average Bonchev–Trinajstić information content (AvgIpc) is 3.44. The molecule has 0 radical (unpaired) electrons. The molecule has 1 atom stereocenters. The van der Waals surface area contributed by atoms with Gasteiger partial charge in [-0.25, -0.2) is 9.59 Å². The number of nitrogens with zero attached hydrogens (tertiary/aromatic N) is 2. The topological polar surface area (TPSA) is 59.1 Å². The molecule has 0 saturated carbocycles. The van der Waals surface area contributed by atoms with Crippen molar-refractivity contribution in [3.63, 3.8) is 0 Å². The third-order valence-electron chi connectivity index (χ3n) is 6.53. The van der Waals surface area contributed by atoms with Gasteiger partial charge >= 0.3 is 12.1 Å². The van der Waals surface area contributed by atoms with Gasteiger partial charge in [-0.2, -0.15) is 0 Å². The minimum atomic E-state index is -0.266. The Morgan fingerprint density at radius 1 is 1.10 bits per heavy atom. The number of hydrogen-bond acceptors (Lipinski definition) is 6. The van der Waals surface area contributed by atoms with Crippen molar-refractivity contribution in [2.24, 2.45) is 5.92 Å². The molecule has 31 heavy (non-hydrogen) atoms. The molecular weight excluding hydrogens is 412 g/mol. The lowest BCUT2D eigenvalue weighted by Gasteiger charge is -2.38. The molecule has 4 rings (SSSR count). The van der Waals surface area contributed by atoms with E-state index >= 15 is 0 Å². The summed E-state index contributed by atoms with van der Waals surface area (Å²) in [5.74, 6) is 0.279. The van der Waals surface area contributed by atoms with Crippen LogP contribution in [-0.4, -0.2) is 49.7 Å². The summed E-state index contributed by atoms with van der Waals surface area (Å²) >= 11 is 1.64. The van der Waals surface area contributed by atoms with E-state index in [1.165, 1.54) is 12.1 Å². The van der Waals surface area contributed by atoms with Crippen LogP contribution in [0.15, 0.2) is 35.7 Å². The second-order valence-corrected chi connectivity index (χ2v) is 9.20. The van der Waals surface area contributed by atoms with Crippen molar-refractivity contribution >= 4 is 28.4 Å². The number of benzene rings is 1. The molecule has 0 N–H and O–H groups in total. The van der Waals surface area contributed by atoms with Gasteiger partial charge in [-0.15, -0.1) is 11.3 Å². The maximum atomic E-state index is 12.5. The predicted octanol–water partition coefficient (Wildman–Crippen LogP) is 4.86. The number of amides is 1. The molecule has 0 bridgehead atoms. The first-order valence-electron chi connectivity index (χ1n) is 11.0. The van der Waals surface area contributed by atoms with Crippen molar-refractivity contribution in [3.05, 3.63) is 52.4 Å². The van der Waals surface area contributed by atoms with Gasteiger partial charge in [0.05, 0.1) is 17.7 Å². The van der Waals surface area contributed by atoms with Crippen molar-refractivity contribution in [3.8, 4) is 0 Å². The van der Waals surface area contributed by atoms with Crippen molar-refractivity contribution in [2.45, 2.75) is 45.3 Å². The van der Waals surface area contributed by atoms with Crippen LogP contribution >= 0.6 is 11.3 Å². The second kappa shape index (κ2) is 9.73. The van der Waals surface area contributed by atoms with Crippen LogP contribution in [0, 0.1) is 12.8 Å². The Hall–Kier alpha value is -2.54. The number of rotatable bonds is 5. The van der Waals surface area contributed by atoms with Crippen molar-refractivity contribution in [2.75, 3.05) is 31.6 Å². The van der Waals surface area contributed by atoms with Crippen molar-refractivity contribution in [1.29, 1.82) is 0 Å². The van der Waals surface area contributed by atoms with E-state index in [0.29, 0.717) is 24.1 Å². The van der Waals surface area contributed by atoms with Gasteiger partial charge < -0.3 is 19.3 Å². The average molecular weight is 443 g/mol. The van der Waals surface area contributed by atoms with E-state index in [1.807, 2.05) is 47.5 Å². The summed E-state index contributed by atoms with van der Waals surface area (Å²) in [7, 11) is 1.43. The van der Waals surface area contributed by atoms with Crippen LogP contribution in [0.4, 0.5) is 9.80 Å². The smallest absolute Gasteiger partial charge is 0.410 e. The van der Waals surface area contributed by atoms with E-state index in [9.17, 15) is 9.59 Å². The van der Waals surface area contributed by atoms with Gasteiger partial charge in [-0.3, -0.25) is 0 Å². The molecule has 6 nitrogen and oxygen atoms in total. The minimum absolute atomic E-state index is 0.220. The Kier molecular flexibility index (Phi) is 6.80. The maximum absolute atomic E-state index is 12.5. The predicted molar refractivity (Wildman–Crippen MR) is 122 cm³/mol. The fourth-order valence-corrected chi connectivity index (χ4v) is 5.96. The Labute approximate surface area is 187 Å². The van der Waals surface area contributed by atoms with E-state index in [4.69, 9.17) is 9.47 Å². The molecule has 2 aliphatic rings. The van der Waals surface area contributed by atoms with E-state index in [2.05, 4.69) is 4.90 Å². The quantitative estimate of drug-likeness (QED) is 0.619. The van der Waals surface area contributed by atoms with E-state index in [-0.39, 0.29) is 12.1 Å². The number of hydrogen-bond donors (Lipinski definition) is 0. The molecular formula is C24H30N2O4S. The van der Waals surface area contributed by atoms with Crippen LogP contribution in [0.3, 0.4) is 0 Å². The Balaban J connectivity index is 1.33. The van der Waals surface area contributed by atoms with Crippen molar-refractivity contribution in [1.82, 2.24) is 4.90 Å². The third kappa shape index (κ3) is 4.71. The molecule has 166 valence electrons. The third-order valence-corrected chi connectivity index (χ3v) is 7.64. The zero-order chi connectivity index (χ0) is 21.8. The Morgan fingerprint density at radius 3 is 2.55 bits per heavy atom. The summed E-state index contributed by atoms with van der Waals surface area (Å²) in [6.45, 7) is 4.82. The molecule has 2 fully saturated rings. The number of ether oxygens (including phenoxy) is 2. The highest BCUT2D eigenvalue weighted by atomic mass is 32.1. The lowest BCUT2D eigenvalue weighted by atomic mass is 9.88. The van der Waals surface area contributed by atoms with Crippen LogP contribution in [-0.2, 0) is 16.1 Å². The summed E-state index contributed by atoms with van der Waals surface area (Å²) in [4.78, 5) is 28.8. The highest BCUT2D eigenvalue weighted by Gasteiger charge is 2.36. The first-order chi connectivity index (χ1) is 15.1. The SMILES string of the molecule is COC(=O)c1csc(N2CCCC2C2CCN(C(=O)OCc3ccccc3)CC2)c1C. The lowest BCUT2D eigenvalue weighted by Crippen LogP contribution is -2.44. The van der Waals surface area contributed by atoms with Gasteiger partial charge in [-0.1, -0.05) is 30.3 Å². The molecule has 3 heterocycles. The number of methoxy groups -OCH3 is 1. The van der Waals surface area contributed by atoms with Gasteiger partial charge in [0.1, 0.15) is 6.61 Å². The van der Waals surface area contributed by atoms with Crippen LogP contribution in [0.25, 0.3) is 0 Å². The molecule has 2 saturated heterocycles. The molecule has 0 aliphatic carbocycles. The number of anilines is 1. The number of carbonyl (C=O) groups excluding carboxylic acids is 2. The molecule has 2 aromatic rings. The largest absolute Gasteiger partial charge is 0.465 e. The van der Waals surface area contributed by atoms with Gasteiger partial charge in [0.25, 0.3) is 0 Å². The van der Waals surface area contributed by atoms with E-state index < -0.39 is 0 Å². The summed E-state index contributed by atoms with van der Waals surface area (Å²) in [6, 6.07) is 10.2. The molecule has 2 aliphatic heterocycles. The zero-order valence-corrected chi connectivity index (χ0v) is 19.0. The highest BCUT2D eigenvalue weighted by Crippen LogP contribution is 2.40. The van der Waals surface area contributed by atoms with Crippen LogP contribution in [0.2, 0.25) is 0 Å². The maximum Gasteiger partial charge on any atom is 0.410 e. The molecule has 1 aromatic heterocycles. The fraction of sp³-hybridized carbons (Fsp3) is 0.500. The van der Waals surface area contributed by atoms with Crippen molar-refractivity contribution < 1.29 is 19.1 Å². The van der Waals surface area contributed by atoms with Gasteiger partial charge in [0, 0.05) is 31.1 Å². The minimum Gasteiger partial charge on any atom is -0.465 e. The lowest BCUT2D eigenvalue weighted by molar-refractivity contribution is 0.0600. The van der Waals surface area contributed by atoms with Crippen LogP contribution in [0.1, 0.15) is 47.2 Å². The summed E-state index contributed by atoms with van der Waals surface area (Å²) in [5, 5.41) is 3.10. The summed E-state index contributed by atoms with van der Waals surface area (Å²) in [5.41, 5.74) is 2.69. The van der Waals surface area contributed by atoms with Gasteiger partial charge in [0.15, 0.2) is 0 Å². The molecule has 1 aromatic carbocycles. The number of esters is 1. The first kappa shape index (κ1) is 21.7. The molecule has 7 heteroatoms. The van der Waals surface area contributed by atoms with E-state index in [1.54, 1.807) is 11.3 Å². The summed E-state index contributed by atoms with van der Waals surface area (Å²) < 4.78 is 10.4. The summed E-state index contributed by atoms with van der Waals surface area (Å²) in [6.07, 6.45) is 4.07. The number of piperidine rings is 1. The Morgan fingerprint density at radius 2 is 1.84 bits per heavy atom. The van der Waals surface area contributed by atoms with E-state index in [0.717, 1.165) is 56.4 Å². The number of likely N-dealkylation sites (tertiary alicyclic amines) is 1. The molecule has 1 amide bonds. The van der Waals surface area contributed by atoms with Crippen LogP contribution < -0.4 is 4.90 Å². The standard InChI is InChI=1S/C24H30N2O4S/c1-17-20(23(27)29-2)16-31-22(17)26-12-6-9-21(26)19-10-13-25(14-11-19)24(28)30-15-18-7-4-3-5-8-18/h3-5,7-8,16,19,21H,6,9-15H2,1-2H3. The second-order valence-electron chi connectivity index (χ2n) is 8.34. The highest BCUT2D eigenvalue weighted by molar-refractivity contribution is 7.14.